The highest BCUT2D eigenvalue weighted by molar-refractivity contribution is 5.71. The molecule has 3 nitrogen and oxygen atoms in total. The van der Waals surface area contributed by atoms with Crippen LogP contribution < -0.4 is 4.74 Å². The first-order valence-corrected chi connectivity index (χ1v) is 8.24. The fraction of sp³-hybridized carbons (Fsp3) is 0.136. The number of aryl methyl sites for hydroxylation is 1. The molecule has 0 aliphatic rings. The Morgan fingerprint density at radius 3 is 2.24 bits per heavy atom. The Morgan fingerprint density at radius 1 is 0.840 bits per heavy atom. The summed E-state index contributed by atoms with van der Waals surface area (Å²) in [6.45, 7) is 0. The van der Waals surface area contributed by atoms with E-state index in [0.29, 0.717) is 12.8 Å². The SMILES string of the molecule is COC(=O)CCc1ccc(-c2ccccc2Oc2ccccc2)cc1. The van der Waals surface area contributed by atoms with Crippen molar-refractivity contribution in [2.24, 2.45) is 0 Å². The summed E-state index contributed by atoms with van der Waals surface area (Å²) in [5, 5.41) is 0. The van der Waals surface area contributed by atoms with Gasteiger partial charge in [-0.3, -0.25) is 4.79 Å². The average molecular weight is 332 g/mol. The second kappa shape index (κ2) is 8.15. The summed E-state index contributed by atoms with van der Waals surface area (Å²) < 4.78 is 10.7. The Labute approximate surface area is 147 Å². The lowest BCUT2D eigenvalue weighted by atomic mass is 10.0. The highest BCUT2D eigenvalue weighted by atomic mass is 16.5. The lowest BCUT2D eigenvalue weighted by Crippen LogP contribution is -2.01. The van der Waals surface area contributed by atoms with Crippen molar-refractivity contribution in [2.45, 2.75) is 12.8 Å². The van der Waals surface area contributed by atoms with Crippen LogP contribution in [0, 0.1) is 0 Å². The molecule has 0 bridgehead atoms. The van der Waals surface area contributed by atoms with Gasteiger partial charge < -0.3 is 9.47 Å². The average Bonchev–Trinajstić information content (AvgIpc) is 2.68. The van der Waals surface area contributed by atoms with Crippen molar-refractivity contribution < 1.29 is 14.3 Å². The minimum Gasteiger partial charge on any atom is -0.469 e. The summed E-state index contributed by atoms with van der Waals surface area (Å²) in [4.78, 5) is 11.3. The third kappa shape index (κ3) is 4.48. The molecule has 3 rings (SSSR count). The molecule has 3 aromatic carbocycles. The molecular formula is C22H20O3. The van der Waals surface area contributed by atoms with Gasteiger partial charge in [0.05, 0.1) is 7.11 Å². The molecule has 126 valence electrons. The van der Waals surface area contributed by atoms with Crippen molar-refractivity contribution in [3.63, 3.8) is 0 Å². The molecule has 0 atom stereocenters. The number of hydrogen-bond donors (Lipinski definition) is 0. The Kier molecular flexibility index (Phi) is 5.47. The molecule has 0 amide bonds. The van der Waals surface area contributed by atoms with Crippen LogP contribution in [0.15, 0.2) is 78.9 Å². The van der Waals surface area contributed by atoms with Crippen LogP contribution in [0.5, 0.6) is 11.5 Å². The number of ether oxygens (including phenoxy) is 2. The molecule has 0 aliphatic heterocycles. The van der Waals surface area contributed by atoms with Crippen LogP contribution in [-0.2, 0) is 16.0 Å². The van der Waals surface area contributed by atoms with Crippen molar-refractivity contribution in [3.8, 4) is 22.6 Å². The smallest absolute Gasteiger partial charge is 0.305 e. The summed E-state index contributed by atoms with van der Waals surface area (Å²) in [5.74, 6) is 1.44. The summed E-state index contributed by atoms with van der Waals surface area (Å²) in [6, 6.07) is 25.9. The van der Waals surface area contributed by atoms with Crippen LogP contribution in [0.4, 0.5) is 0 Å². The highest BCUT2D eigenvalue weighted by Gasteiger charge is 2.07. The zero-order valence-corrected chi connectivity index (χ0v) is 14.1. The van der Waals surface area contributed by atoms with Gasteiger partial charge in [0, 0.05) is 12.0 Å². The highest BCUT2D eigenvalue weighted by Crippen LogP contribution is 2.33. The number of benzene rings is 3. The standard InChI is InChI=1S/C22H20O3/c1-24-22(23)16-13-17-11-14-18(15-12-17)20-9-5-6-10-21(20)25-19-7-3-2-4-8-19/h2-12,14-15H,13,16H2,1H3. The second-order valence-corrected chi connectivity index (χ2v) is 5.68. The summed E-state index contributed by atoms with van der Waals surface area (Å²) in [7, 11) is 1.41. The molecule has 0 aliphatic carbocycles. The van der Waals surface area contributed by atoms with E-state index in [1.165, 1.54) is 7.11 Å². The van der Waals surface area contributed by atoms with Gasteiger partial charge in [0.15, 0.2) is 0 Å². The first kappa shape index (κ1) is 16.8. The Morgan fingerprint density at radius 2 is 1.52 bits per heavy atom. The van der Waals surface area contributed by atoms with Gasteiger partial charge in [0.1, 0.15) is 11.5 Å². The quantitative estimate of drug-likeness (QED) is 0.578. The molecular weight excluding hydrogens is 312 g/mol. The van der Waals surface area contributed by atoms with Gasteiger partial charge in [-0.1, -0.05) is 60.7 Å². The molecule has 0 fully saturated rings. The van der Waals surface area contributed by atoms with E-state index in [1.54, 1.807) is 0 Å². The van der Waals surface area contributed by atoms with Crippen molar-refractivity contribution in [2.75, 3.05) is 7.11 Å². The number of esters is 1. The predicted octanol–water partition coefficient (Wildman–Crippen LogP) is 5.25. The van der Waals surface area contributed by atoms with Crippen molar-refractivity contribution >= 4 is 5.97 Å². The van der Waals surface area contributed by atoms with Crippen molar-refractivity contribution in [3.05, 3.63) is 84.4 Å². The molecule has 0 aromatic heterocycles. The van der Waals surface area contributed by atoms with Gasteiger partial charge in [-0.25, -0.2) is 0 Å². The molecule has 0 saturated carbocycles. The maximum atomic E-state index is 11.3. The second-order valence-electron chi connectivity index (χ2n) is 5.68. The molecule has 0 spiro atoms. The zero-order valence-electron chi connectivity index (χ0n) is 14.1. The minimum absolute atomic E-state index is 0.189. The third-order valence-electron chi connectivity index (χ3n) is 3.97. The minimum atomic E-state index is -0.189. The van der Waals surface area contributed by atoms with Gasteiger partial charge in [0.2, 0.25) is 0 Å². The number of carbonyl (C=O) groups excluding carboxylic acids is 1. The van der Waals surface area contributed by atoms with Crippen LogP contribution in [0.2, 0.25) is 0 Å². The Balaban J connectivity index is 1.79. The van der Waals surface area contributed by atoms with E-state index in [-0.39, 0.29) is 5.97 Å². The lowest BCUT2D eigenvalue weighted by molar-refractivity contribution is -0.140. The van der Waals surface area contributed by atoms with Crippen LogP contribution in [0.3, 0.4) is 0 Å². The summed E-state index contributed by atoms with van der Waals surface area (Å²) in [6.07, 6.45) is 1.07. The van der Waals surface area contributed by atoms with Gasteiger partial charge in [-0.2, -0.15) is 0 Å². The van der Waals surface area contributed by atoms with E-state index in [1.807, 2.05) is 66.7 Å². The number of methoxy groups -OCH3 is 1. The number of para-hydroxylation sites is 2. The van der Waals surface area contributed by atoms with Crippen LogP contribution in [0.25, 0.3) is 11.1 Å². The zero-order chi connectivity index (χ0) is 17.5. The topological polar surface area (TPSA) is 35.5 Å². The number of hydrogen-bond acceptors (Lipinski definition) is 3. The monoisotopic (exact) mass is 332 g/mol. The fourth-order valence-corrected chi connectivity index (χ4v) is 2.61. The summed E-state index contributed by atoms with van der Waals surface area (Å²) >= 11 is 0. The van der Waals surface area contributed by atoms with Gasteiger partial charge in [0.25, 0.3) is 0 Å². The molecule has 0 radical (unpaired) electrons. The predicted molar refractivity (Wildman–Crippen MR) is 98.7 cm³/mol. The normalized spacial score (nSPS) is 10.3. The molecule has 0 saturated heterocycles. The van der Waals surface area contributed by atoms with E-state index in [2.05, 4.69) is 16.9 Å². The van der Waals surface area contributed by atoms with Crippen molar-refractivity contribution in [1.82, 2.24) is 0 Å². The van der Waals surface area contributed by atoms with E-state index in [9.17, 15) is 4.79 Å². The first-order chi connectivity index (χ1) is 12.3. The molecule has 3 aromatic rings. The van der Waals surface area contributed by atoms with Crippen LogP contribution in [0.1, 0.15) is 12.0 Å². The maximum absolute atomic E-state index is 11.3. The molecule has 0 N–H and O–H groups in total. The van der Waals surface area contributed by atoms with E-state index >= 15 is 0 Å². The number of carbonyl (C=O) groups is 1. The van der Waals surface area contributed by atoms with Gasteiger partial charge in [-0.15, -0.1) is 0 Å². The Hall–Kier alpha value is -3.07. The van der Waals surface area contributed by atoms with Gasteiger partial charge in [-0.05, 0) is 35.7 Å². The van der Waals surface area contributed by atoms with Crippen molar-refractivity contribution in [1.29, 1.82) is 0 Å². The Bertz CT molecular complexity index is 823. The molecule has 0 unspecified atom stereocenters. The first-order valence-electron chi connectivity index (χ1n) is 8.24. The lowest BCUT2D eigenvalue weighted by Gasteiger charge is -2.12. The molecule has 0 heterocycles. The number of rotatable bonds is 6. The summed E-state index contributed by atoms with van der Waals surface area (Å²) in [5.41, 5.74) is 3.22. The van der Waals surface area contributed by atoms with Crippen LogP contribution in [-0.4, -0.2) is 13.1 Å². The van der Waals surface area contributed by atoms with Gasteiger partial charge >= 0.3 is 5.97 Å². The van der Waals surface area contributed by atoms with Crippen LogP contribution >= 0.6 is 0 Å². The van der Waals surface area contributed by atoms with E-state index in [0.717, 1.165) is 28.2 Å². The van der Waals surface area contributed by atoms with E-state index < -0.39 is 0 Å². The largest absolute Gasteiger partial charge is 0.469 e. The molecule has 3 heteroatoms. The van der Waals surface area contributed by atoms with E-state index in [4.69, 9.17) is 4.74 Å². The molecule has 25 heavy (non-hydrogen) atoms. The third-order valence-corrected chi connectivity index (χ3v) is 3.97. The fourth-order valence-electron chi connectivity index (χ4n) is 2.61. The maximum Gasteiger partial charge on any atom is 0.305 e.